The van der Waals surface area contributed by atoms with Gasteiger partial charge in [-0.15, -0.1) is 0 Å². The summed E-state index contributed by atoms with van der Waals surface area (Å²) in [6, 6.07) is 15.1. The van der Waals surface area contributed by atoms with Gasteiger partial charge in [0.1, 0.15) is 0 Å². The van der Waals surface area contributed by atoms with Gasteiger partial charge in [-0.1, -0.05) is 30.3 Å². The number of amides is 1. The number of nitrogens with one attached hydrogen (secondary N) is 1. The van der Waals surface area contributed by atoms with Crippen LogP contribution in [0, 0.1) is 13.8 Å². The van der Waals surface area contributed by atoms with E-state index in [4.69, 9.17) is 0 Å². The van der Waals surface area contributed by atoms with Crippen LogP contribution in [-0.4, -0.2) is 5.91 Å². The maximum absolute atomic E-state index is 12.0. The lowest BCUT2D eigenvalue weighted by molar-refractivity contribution is 0.102. The van der Waals surface area contributed by atoms with Crippen LogP contribution in [0.15, 0.2) is 48.5 Å². The second kappa shape index (κ2) is 4.83. The van der Waals surface area contributed by atoms with Crippen LogP contribution < -0.4 is 5.32 Å². The molecule has 2 nitrogen and oxygen atoms in total. The Balaban J connectivity index is 2.22. The predicted molar refractivity (Wildman–Crippen MR) is 70.3 cm³/mol. The van der Waals surface area contributed by atoms with Crippen molar-refractivity contribution in [3.05, 3.63) is 65.2 Å². The number of hydrogen-bond donors (Lipinski definition) is 1. The lowest BCUT2D eigenvalue weighted by atomic mass is 10.1. The topological polar surface area (TPSA) is 29.1 Å². The summed E-state index contributed by atoms with van der Waals surface area (Å²) in [5.41, 5.74) is 3.83. The molecule has 0 radical (unpaired) electrons. The molecule has 86 valence electrons. The Bertz CT molecular complexity index is 532. The molecule has 0 fully saturated rings. The molecule has 0 spiro atoms. The van der Waals surface area contributed by atoms with Gasteiger partial charge < -0.3 is 5.32 Å². The third kappa shape index (κ3) is 2.53. The van der Waals surface area contributed by atoms with Crippen molar-refractivity contribution in [3.63, 3.8) is 0 Å². The SMILES string of the molecule is Cc1cccc(NC(=O)c2ccccc2)c1C. The molecule has 0 aromatic heterocycles. The van der Waals surface area contributed by atoms with E-state index in [0.717, 1.165) is 11.3 Å². The van der Waals surface area contributed by atoms with Crippen LogP contribution in [-0.2, 0) is 0 Å². The number of rotatable bonds is 2. The predicted octanol–water partition coefficient (Wildman–Crippen LogP) is 3.56. The Hall–Kier alpha value is -2.09. The minimum atomic E-state index is -0.0701. The Labute approximate surface area is 101 Å². The largest absolute Gasteiger partial charge is 0.322 e. The number of carbonyl (C=O) groups is 1. The van der Waals surface area contributed by atoms with Crippen molar-refractivity contribution in [1.82, 2.24) is 0 Å². The summed E-state index contributed by atoms with van der Waals surface area (Å²) < 4.78 is 0. The first-order chi connectivity index (χ1) is 8.18. The van der Waals surface area contributed by atoms with Gasteiger partial charge in [-0.3, -0.25) is 4.79 Å². The highest BCUT2D eigenvalue weighted by Crippen LogP contribution is 2.18. The number of benzene rings is 2. The minimum Gasteiger partial charge on any atom is -0.322 e. The molecule has 1 amide bonds. The van der Waals surface area contributed by atoms with Crippen LogP contribution in [0.25, 0.3) is 0 Å². The summed E-state index contributed by atoms with van der Waals surface area (Å²) >= 11 is 0. The van der Waals surface area contributed by atoms with Gasteiger partial charge in [0.15, 0.2) is 0 Å². The Morgan fingerprint density at radius 2 is 1.65 bits per heavy atom. The van der Waals surface area contributed by atoms with Crippen LogP contribution in [0.1, 0.15) is 21.5 Å². The molecule has 0 aliphatic carbocycles. The molecule has 0 saturated heterocycles. The number of hydrogen-bond acceptors (Lipinski definition) is 1. The second-order valence-corrected chi connectivity index (χ2v) is 4.07. The minimum absolute atomic E-state index is 0.0701. The van der Waals surface area contributed by atoms with Crippen molar-refractivity contribution in [1.29, 1.82) is 0 Å². The van der Waals surface area contributed by atoms with Crippen molar-refractivity contribution >= 4 is 11.6 Å². The van der Waals surface area contributed by atoms with E-state index in [1.165, 1.54) is 5.56 Å². The molecule has 17 heavy (non-hydrogen) atoms. The Morgan fingerprint density at radius 1 is 0.941 bits per heavy atom. The molecule has 0 atom stereocenters. The molecule has 2 rings (SSSR count). The Morgan fingerprint density at radius 3 is 2.35 bits per heavy atom. The van der Waals surface area contributed by atoms with Gasteiger partial charge in [-0.2, -0.15) is 0 Å². The molecular weight excluding hydrogens is 210 g/mol. The lowest BCUT2D eigenvalue weighted by Gasteiger charge is -2.10. The maximum Gasteiger partial charge on any atom is 0.255 e. The first kappa shape index (κ1) is 11.4. The number of aryl methyl sites for hydroxylation is 1. The van der Waals surface area contributed by atoms with Crippen molar-refractivity contribution in [2.24, 2.45) is 0 Å². The van der Waals surface area contributed by atoms with E-state index in [-0.39, 0.29) is 5.91 Å². The summed E-state index contributed by atoms with van der Waals surface area (Å²) in [6.45, 7) is 4.05. The quantitative estimate of drug-likeness (QED) is 0.832. The molecule has 2 aromatic rings. The zero-order valence-electron chi connectivity index (χ0n) is 10.0. The van der Waals surface area contributed by atoms with E-state index in [1.807, 2.05) is 50.2 Å². The molecule has 2 heteroatoms. The molecule has 1 N–H and O–H groups in total. The maximum atomic E-state index is 12.0. The molecule has 2 aromatic carbocycles. The van der Waals surface area contributed by atoms with Crippen molar-refractivity contribution < 1.29 is 4.79 Å². The van der Waals surface area contributed by atoms with E-state index in [0.29, 0.717) is 5.56 Å². The van der Waals surface area contributed by atoms with Gasteiger partial charge in [0, 0.05) is 11.3 Å². The van der Waals surface area contributed by atoms with E-state index >= 15 is 0 Å². The van der Waals surface area contributed by atoms with Crippen LogP contribution in [0.4, 0.5) is 5.69 Å². The average molecular weight is 225 g/mol. The first-order valence-electron chi connectivity index (χ1n) is 5.61. The molecule has 0 heterocycles. The summed E-state index contributed by atoms with van der Waals surface area (Å²) in [7, 11) is 0. The van der Waals surface area contributed by atoms with Gasteiger partial charge in [-0.25, -0.2) is 0 Å². The van der Waals surface area contributed by atoms with Crippen LogP contribution in [0.2, 0.25) is 0 Å². The summed E-state index contributed by atoms with van der Waals surface area (Å²) in [4.78, 5) is 12.0. The molecule has 0 aliphatic heterocycles. The van der Waals surface area contributed by atoms with E-state index in [9.17, 15) is 4.79 Å². The standard InChI is InChI=1S/C15H15NO/c1-11-7-6-10-14(12(11)2)16-15(17)13-8-4-3-5-9-13/h3-10H,1-2H3,(H,16,17). The van der Waals surface area contributed by atoms with Gasteiger partial charge in [0.25, 0.3) is 5.91 Å². The van der Waals surface area contributed by atoms with Crippen LogP contribution in [0.5, 0.6) is 0 Å². The van der Waals surface area contributed by atoms with E-state index in [1.54, 1.807) is 12.1 Å². The highest BCUT2D eigenvalue weighted by Gasteiger charge is 2.07. The highest BCUT2D eigenvalue weighted by molar-refractivity contribution is 6.04. The zero-order chi connectivity index (χ0) is 12.3. The normalized spacial score (nSPS) is 10.0. The Kier molecular flexibility index (Phi) is 3.24. The zero-order valence-corrected chi connectivity index (χ0v) is 10.0. The number of anilines is 1. The highest BCUT2D eigenvalue weighted by atomic mass is 16.1. The fourth-order valence-corrected chi connectivity index (χ4v) is 1.67. The van der Waals surface area contributed by atoms with Gasteiger partial charge in [0.2, 0.25) is 0 Å². The number of carbonyl (C=O) groups excluding carboxylic acids is 1. The first-order valence-corrected chi connectivity index (χ1v) is 5.61. The van der Waals surface area contributed by atoms with Gasteiger partial charge in [0.05, 0.1) is 0 Å². The summed E-state index contributed by atoms with van der Waals surface area (Å²) in [5.74, 6) is -0.0701. The van der Waals surface area contributed by atoms with Crippen LogP contribution >= 0.6 is 0 Å². The van der Waals surface area contributed by atoms with Gasteiger partial charge >= 0.3 is 0 Å². The molecule has 0 unspecified atom stereocenters. The summed E-state index contributed by atoms with van der Waals surface area (Å²) in [5, 5.41) is 2.93. The molecular formula is C15H15NO. The average Bonchev–Trinajstić information content (AvgIpc) is 2.36. The lowest BCUT2D eigenvalue weighted by Crippen LogP contribution is -2.12. The van der Waals surface area contributed by atoms with Crippen molar-refractivity contribution in [2.75, 3.05) is 5.32 Å². The molecule has 0 saturated carbocycles. The van der Waals surface area contributed by atoms with Crippen molar-refractivity contribution in [3.8, 4) is 0 Å². The van der Waals surface area contributed by atoms with Crippen LogP contribution in [0.3, 0.4) is 0 Å². The monoisotopic (exact) mass is 225 g/mol. The third-order valence-electron chi connectivity index (χ3n) is 2.89. The molecule has 0 bridgehead atoms. The van der Waals surface area contributed by atoms with Gasteiger partial charge in [-0.05, 0) is 43.2 Å². The molecule has 0 aliphatic rings. The van der Waals surface area contributed by atoms with E-state index < -0.39 is 0 Å². The fraction of sp³-hybridized carbons (Fsp3) is 0.133. The second-order valence-electron chi connectivity index (χ2n) is 4.07. The fourth-order valence-electron chi connectivity index (χ4n) is 1.67. The van der Waals surface area contributed by atoms with E-state index in [2.05, 4.69) is 5.32 Å². The smallest absolute Gasteiger partial charge is 0.255 e. The summed E-state index contributed by atoms with van der Waals surface area (Å²) in [6.07, 6.45) is 0. The third-order valence-corrected chi connectivity index (χ3v) is 2.89. The van der Waals surface area contributed by atoms with Crippen molar-refractivity contribution in [2.45, 2.75) is 13.8 Å².